The van der Waals surface area contributed by atoms with Crippen LogP contribution in [0.2, 0.25) is 0 Å². The lowest BCUT2D eigenvalue weighted by Gasteiger charge is -2.23. The van der Waals surface area contributed by atoms with E-state index >= 15 is 0 Å². The molecule has 0 saturated carbocycles. The van der Waals surface area contributed by atoms with E-state index in [4.69, 9.17) is 9.47 Å². The minimum absolute atomic E-state index is 0.0455. The van der Waals surface area contributed by atoms with Crippen molar-refractivity contribution in [2.45, 2.75) is 39.0 Å². The van der Waals surface area contributed by atoms with Gasteiger partial charge in [-0.2, -0.15) is 5.10 Å². The van der Waals surface area contributed by atoms with Crippen molar-refractivity contribution in [1.82, 2.24) is 5.01 Å². The lowest BCUT2D eigenvalue weighted by Crippen LogP contribution is -2.31. The average Bonchev–Trinajstić information content (AvgIpc) is 2.84. The van der Waals surface area contributed by atoms with Crippen LogP contribution < -0.4 is 14.8 Å². The number of nitrogens with zero attached hydrogens (tertiary/aromatic N) is 2. The van der Waals surface area contributed by atoms with E-state index in [0.29, 0.717) is 36.6 Å². The predicted octanol–water partition coefficient (Wildman–Crippen LogP) is 5.34. The third kappa shape index (κ3) is 6.99. The van der Waals surface area contributed by atoms with Gasteiger partial charge in [0.2, 0.25) is 5.91 Å². The zero-order valence-corrected chi connectivity index (χ0v) is 20.2. The van der Waals surface area contributed by atoms with Gasteiger partial charge in [-0.25, -0.2) is 5.01 Å². The summed E-state index contributed by atoms with van der Waals surface area (Å²) in [7, 11) is 3.19. The summed E-state index contributed by atoms with van der Waals surface area (Å²) in [5.41, 5.74) is 3.59. The van der Waals surface area contributed by atoms with Gasteiger partial charge < -0.3 is 14.8 Å². The number of amides is 2. The van der Waals surface area contributed by atoms with Gasteiger partial charge in [0, 0.05) is 30.0 Å². The summed E-state index contributed by atoms with van der Waals surface area (Å²) in [4.78, 5) is 24.4. The van der Waals surface area contributed by atoms with E-state index in [1.165, 1.54) is 16.8 Å². The number of thioether (sulfide) groups is 1. The van der Waals surface area contributed by atoms with Gasteiger partial charge >= 0.3 is 5.24 Å². The molecule has 0 unspecified atom stereocenters. The highest BCUT2D eigenvalue weighted by molar-refractivity contribution is 8.14. The molecule has 0 fully saturated rings. The van der Waals surface area contributed by atoms with Crippen LogP contribution in [0.1, 0.15) is 43.7 Å². The molecule has 8 heteroatoms. The molecule has 0 bridgehead atoms. The van der Waals surface area contributed by atoms with Gasteiger partial charge in [-0.15, -0.1) is 0 Å². The van der Waals surface area contributed by atoms with Gasteiger partial charge in [0.1, 0.15) is 0 Å². The predicted molar refractivity (Wildman–Crippen MR) is 134 cm³/mol. The van der Waals surface area contributed by atoms with Gasteiger partial charge in [-0.3, -0.25) is 9.59 Å². The Morgan fingerprint density at radius 2 is 1.85 bits per heavy atom. The number of benzene rings is 2. The first-order chi connectivity index (χ1) is 16.0. The standard InChI is InChI=1S/C25H31N3O4S/c1-4-5-6-7-24(29)26-20-11-8-18(9-12-20)14-15-28-25(30)33-17-21(27-28)19-10-13-22(31-2)23(16-19)32-3/h8-13,16H,4-7,14-15,17H2,1-3H3,(H,26,29). The molecule has 2 aromatic rings. The normalized spacial score (nSPS) is 13.5. The van der Waals surface area contributed by atoms with Crippen LogP contribution in [-0.2, 0) is 11.2 Å². The molecule has 7 nitrogen and oxygen atoms in total. The Labute approximate surface area is 199 Å². The minimum Gasteiger partial charge on any atom is -0.493 e. The molecule has 1 N–H and O–H groups in total. The van der Waals surface area contributed by atoms with E-state index in [2.05, 4.69) is 17.3 Å². The second-order valence-corrected chi connectivity index (χ2v) is 8.67. The number of hydrogen-bond donors (Lipinski definition) is 1. The fourth-order valence-corrected chi connectivity index (χ4v) is 4.23. The van der Waals surface area contributed by atoms with E-state index < -0.39 is 0 Å². The number of rotatable bonds is 11. The molecule has 1 aliphatic rings. The molecule has 33 heavy (non-hydrogen) atoms. The molecular weight excluding hydrogens is 438 g/mol. The van der Waals surface area contributed by atoms with Crippen molar-refractivity contribution in [3.05, 3.63) is 53.6 Å². The SMILES string of the molecule is CCCCCC(=O)Nc1ccc(CCN2N=C(c3ccc(OC)c(OC)c3)CSC2=O)cc1. The first kappa shape index (κ1) is 24.6. The topological polar surface area (TPSA) is 80.2 Å². The Hall–Kier alpha value is -3.00. The van der Waals surface area contributed by atoms with E-state index in [9.17, 15) is 9.59 Å². The van der Waals surface area contributed by atoms with Crippen LogP contribution in [0.3, 0.4) is 0 Å². The summed E-state index contributed by atoms with van der Waals surface area (Å²) in [5.74, 6) is 1.84. The maximum Gasteiger partial charge on any atom is 0.302 e. The first-order valence-corrected chi connectivity index (χ1v) is 12.2. The van der Waals surface area contributed by atoms with Gasteiger partial charge in [-0.1, -0.05) is 43.7 Å². The number of nitrogens with one attached hydrogen (secondary N) is 1. The van der Waals surface area contributed by atoms with Gasteiger partial charge in [0.05, 0.1) is 19.9 Å². The Morgan fingerprint density at radius 1 is 1.09 bits per heavy atom. The third-order valence-electron chi connectivity index (χ3n) is 5.36. The summed E-state index contributed by atoms with van der Waals surface area (Å²) in [5, 5.41) is 8.99. The summed E-state index contributed by atoms with van der Waals surface area (Å²) >= 11 is 1.24. The van der Waals surface area contributed by atoms with Crippen molar-refractivity contribution >= 4 is 34.3 Å². The van der Waals surface area contributed by atoms with E-state index in [1.54, 1.807) is 14.2 Å². The van der Waals surface area contributed by atoms with Crippen LogP contribution in [-0.4, -0.2) is 48.4 Å². The Balaban J connectivity index is 1.60. The van der Waals surface area contributed by atoms with Crippen molar-refractivity contribution in [1.29, 1.82) is 0 Å². The van der Waals surface area contributed by atoms with Crippen molar-refractivity contribution in [3.8, 4) is 11.5 Å². The second-order valence-electron chi connectivity index (χ2n) is 7.75. The van der Waals surface area contributed by atoms with E-state index in [0.717, 1.165) is 41.8 Å². The molecule has 3 rings (SSSR count). The number of unbranched alkanes of at least 4 members (excludes halogenated alkanes) is 2. The van der Waals surface area contributed by atoms with Crippen molar-refractivity contribution in [3.63, 3.8) is 0 Å². The van der Waals surface area contributed by atoms with Gasteiger partial charge in [0.15, 0.2) is 11.5 Å². The fourth-order valence-electron chi connectivity index (χ4n) is 3.47. The molecule has 0 aliphatic carbocycles. The maximum atomic E-state index is 12.4. The maximum absolute atomic E-state index is 12.4. The molecule has 2 amide bonds. The Kier molecular flexibility index (Phi) is 9.18. The largest absolute Gasteiger partial charge is 0.493 e. The lowest BCUT2D eigenvalue weighted by molar-refractivity contribution is -0.116. The number of methoxy groups -OCH3 is 2. The van der Waals surface area contributed by atoms with E-state index in [-0.39, 0.29) is 11.1 Å². The summed E-state index contributed by atoms with van der Waals surface area (Å²) < 4.78 is 10.7. The van der Waals surface area contributed by atoms with E-state index in [1.807, 2.05) is 42.5 Å². The molecule has 2 aromatic carbocycles. The summed E-state index contributed by atoms with van der Waals surface area (Å²) in [6.45, 7) is 2.60. The number of carbonyl (C=O) groups is 2. The van der Waals surface area contributed by atoms with Crippen molar-refractivity contribution < 1.29 is 19.1 Å². The summed E-state index contributed by atoms with van der Waals surface area (Å²) in [6.07, 6.45) is 4.29. The molecule has 0 spiro atoms. The third-order valence-corrected chi connectivity index (χ3v) is 6.23. The number of ether oxygens (including phenoxy) is 2. The number of anilines is 1. The van der Waals surface area contributed by atoms with Crippen LogP contribution in [0.5, 0.6) is 11.5 Å². The molecule has 0 aromatic heterocycles. The molecule has 176 valence electrons. The monoisotopic (exact) mass is 469 g/mol. The van der Waals surface area contributed by atoms with Crippen LogP contribution >= 0.6 is 11.8 Å². The van der Waals surface area contributed by atoms with Crippen molar-refractivity contribution in [2.75, 3.05) is 31.8 Å². The minimum atomic E-state index is -0.0600. The zero-order chi connectivity index (χ0) is 23.6. The fraction of sp³-hybridized carbons (Fsp3) is 0.400. The summed E-state index contributed by atoms with van der Waals surface area (Å²) in [6, 6.07) is 13.4. The highest BCUT2D eigenvalue weighted by Crippen LogP contribution is 2.29. The smallest absolute Gasteiger partial charge is 0.302 e. The quantitative estimate of drug-likeness (QED) is 0.450. The lowest BCUT2D eigenvalue weighted by atomic mass is 10.1. The Bertz CT molecular complexity index is 992. The molecule has 1 heterocycles. The van der Waals surface area contributed by atoms with Crippen molar-refractivity contribution in [2.24, 2.45) is 5.10 Å². The van der Waals surface area contributed by atoms with Crippen LogP contribution in [0.15, 0.2) is 47.6 Å². The number of hydrogen-bond acceptors (Lipinski definition) is 6. The zero-order valence-electron chi connectivity index (χ0n) is 19.4. The number of hydrazone groups is 1. The molecule has 1 aliphatic heterocycles. The molecule has 0 saturated heterocycles. The Morgan fingerprint density at radius 3 is 2.55 bits per heavy atom. The molecule has 0 radical (unpaired) electrons. The molecule has 0 atom stereocenters. The van der Waals surface area contributed by atoms with Crippen LogP contribution in [0.25, 0.3) is 0 Å². The average molecular weight is 470 g/mol. The first-order valence-electron chi connectivity index (χ1n) is 11.2. The van der Waals surface area contributed by atoms with Crippen LogP contribution in [0.4, 0.5) is 10.5 Å². The van der Waals surface area contributed by atoms with Crippen LogP contribution in [0, 0.1) is 0 Å². The highest BCUT2D eigenvalue weighted by Gasteiger charge is 2.22. The highest BCUT2D eigenvalue weighted by atomic mass is 32.2. The van der Waals surface area contributed by atoms with Gasteiger partial charge in [-0.05, 0) is 48.7 Å². The molecular formula is C25H31N3O4S. The second kappa shape index (κ2) is 12.3. The van der Waals surface area contributed by atoms with Gasteiger partial charge in [0.25, 0.3) is 0 Å². The number of carbonyl (C=O) groups excluding carboxylic acids is 2.